The first kappa shape index (κ1) is 16.0. The van der Waals surface area contributed by atoms with Crippen molar-refractivity contribution in [2.45, 2.75) is 31.1 Å². The summed E-state index contributed by atoms with van der Waals surface area (Å²) in [5.74, 6) is 0.666. The average Bonchev–Trinajstić information content (AvgIpc) is 3.22. The number of carbonyl (C=O) groups excluding carboxylic acids is 1. The SMILES string of the molecule is Cc1cccc(-c2nnc(SCC(=O)NC[C@H]3CCCO3)o2)c1. The molecule has 0 unspecified atom stereocenters. The third-order valence-corrected chi connectivity index (χ3v) is 4.37. The molecular formula is C16H19N3O3S. The highest BCUT2D eigenvalue weighted by atomic mass is 32.2. The molecule has 1 fully saturated rings. The standard InChI is InChI=1S/C16H19N3O3S/c1-11-4-2-5-12(8-11)15-18-19-16(22-15)23-10-14(20)17-9-13-6-3-7-21-13/h2,4-5,8,13H,3,6-7,9-10H2,1H3,(H,17,20)/t13-/m1/s1. The minimum absolute atomic E-state index is 0.0548. The summed E-state index contributed by atoms with van der Waals surface area (Å²) in [5.41, 5.74) is 2.01. The second kappa shape index (κ2) is 7.61. The zero-order valence-electron chi connectivity index (χ0n) is 12.9. The van der Waals surface area contributed by atoms with Crippen molar-refractivity contribution in [3.8, 4) is 11.5 Å². The van der Waals surface area contributed by atoms with Crippen molar-refractivity contribution in [1.82, 2.24) is 15.5 Å². The molecule has 7 heteroatoms. The van der Waals surface area contributed by atoms with E-state index in [0.29, 0.717) is 17.7 Å². The zero-order chi connectivity index (χ0) is 16.1. The fraction of sp³-hybridized carbons (Fsp3) is 0.438. The number of carbonyl (C=O) groups is 1. The van der Waals surface area contributed by atoms with Crippen LogP contribution in [0.25, 0.3) is 11.5 Å². The number of nitrogens with one attached hydrogen (secondary N) is 1. The molecule has 0 aliphatic carbocycles. The van der Waals surface area contributed by atoms with Crippen molar-refractivity contribution in [2.24, 2.45) is 0 Å². The number of thioether (sulfide) groups is 1. The maximum atomic E-state index is 11.8. The molecule has 1 saturated heterocycles. The van der Waals surface area contributed by atoms with Crippen LogP contribution in [0.1, 0.15) is 18.4 Å². The van der Waals surface area contributed by atoms with Crippen LogP contribution < -0.4 is 5.32 Å². The number of hydrogen-bond donors (Lipinski definition) is 1. The summed E-state index contributed by atoms with van der Waals surface area (Å²) < 4.78 is 11.1. The topological polar surface area (TPSA) is 77.2 Å². The number of hydrogen-bond acceptors (Lipinski definition) is 6. The van der Waals surface area contributed by atoms with E-state index in [1.807, 2.05) is 31.2 Å². The van der Waals surface area contributed by atoms with Gasteiger partial charge in [-0.2, -0.15) is 0 Å². The molecule has 2 aromatic rings. The van der Waals surface area contributed by atoms with Gasteiger partial charge in [-0.3, -0.25) is 4.79 Å². The van der Waals surface area contributed by atoms with Crippen LogP contribution in [0.5, 0.6) is 0 Å². The van der Waals surface area contributed by atoms with Gasteiger partial charge in [-0.1, -0.05) is 29.5 Å². The number of benzene rings is 1. The predicted octanol–water partition coefficient (Wildman–Crippen LogP) is 2.43. The number of ether oxygens (including phenoxy) is 1. The van der Waals surface area contributed by atoms with Gasteiger partial charge in [0.25, 0.3) is 5.22 Å². The molecule has 1 aliphatic rings. The van der Waals surface area contributed by atoms with Gasteiger partial charge in [-0.05, 0) is 31.9 Å². The summed E-state index contributed by atoms with van der Waals surface area (Å²) in [6.45, 7) is 3.37. The molecule has 6 nitrogen and oxygen atoms in total. The van der Waals surface area contributed by atoms with Gasteiger partial charge < -0.3 is 14.5 Å². The lowest BCUT2D eigenvalue weighted by atomic mass is 10.1. The van der Waals surface area contributed by atoms with Gasteiger partial charge in [0.05, 0.1) is 11.9 Å². The lowest BCUT2D eigenvalue weighted by Crippen LogP contribution is -2.32. The highest BCUT2D eigenvalue weighted by Crippen LogP contribution is 2.23. The van der Waals surface area contributed by atoms with Gasteiger partial charge >= 0.3 is 0 Å². The monoisotopic (exact) mass is 333 g/mol. The molecule has 1 aromatic heterocycles. The number of rotatable bonds is 6. The smallest absolute Gasteiger partial charge is 0.277 e. The molecule has 0 saturated carbocycles. The molecule has 0 radical (unpaired) electrons. The summed E-state index contributed by atoms with van der Waals surface area (Å²) in [5, 5.41) is 11.3. The fourth-order valence-corrected chi connectivity index (χ4v) is 2.97. The Morgan fingerprint density at radius 2 is 2.35 bits per heavy atom. The molecule has 1 amide bonds. The molecule has 1 atom stereocenters. The van der Waals surface area contributed by atoms with Crippen molar-refractivity contribution < 1.29 is 13.9 Å². The summed E-state index contributed by atoms with van der Waals surface area (Å²) in [4.78, 5) is 11.8. The van der Waals surface area contributed by atoms with E-state index in [1.165, 1.54) is 11.8 Å². The van der Waals surface area contributed by atoms with Gasteiger partial charge in [0, 0.05) is 18.7 Å². The summed E-state index contributed by atoms with van der Waals surface area (Å²) in [6, 6.07) is 7.85. The lowest BCUT2D eigenvalue weighted by molar-refractivity contribution is -0.119. The van der Waals surface area contributed by atoms with Crippen molar-refractivity contribution in [3.05, 3.63) is 29.8 Å². The molecule has 122 valence electrons. The number of amides is 1. The molecule has 0 spiro atoms. The molecule has 2 heterocycles. The van der Waals surface area contributed by atoms with E-state index >= 15 is 0 Å². The van der Waals surface area contributed by atoms with Gasteiger partial charge in [-0.25, -0.2) is 0 Å². The Morgan fingerprint density at radius 1 is 1.43 bits per heavy atom. The van der Waals surface area contributed by atoms with Gasteiger partial charge in [-0.15, -0.1) is 10.2 Å². The molecule has 3 rings (SSSR count). The third-order valence-electron chi connectivity index (χ3n) is 3.55. The van der Waals surface area contributed by atoms with Crippen LogP contribution in [-0.4, -0.2) is 41.1 Å². The maximum Gasteiger partial charge on any atom is 0.277 e. The maximum absolute atomic E-state index is 11.8. The molecule has 23 heavy (non-hydrogen) atoms. The fourth-order valence-electron chi connectivity index (χ4n) is 2.37. The van der Waals surface area contributed by atoms with Crippen LogP contribution in [0.3, 0.4) is 0 Å². The van der Waals surface area contributed by atoms with Crippen LogP contribution in [0, 0.1) is 6.92 Å². The van der Waals surface area contributed by atoms with E-state index in [9.17, 15) is 4.79 Å². The van der Waals surface area contributed by atoms with E-state index in [1.54, 1.807) is 0 Å². The first-order chi connectivity index (χ1) is 11.2. The summed E-state index contributed by atoms with van der Waals surface area (Å²) in [7, 11) is 0. The number of nitrogens with zero attached hydrogens (tertiary/aromatic N) is 2. The zero-order valence-corrected chi connectivity index (χ0v) is 13.8. The number of aromatic nitrogens is 2. The Morgan fingerprint density at radius 3 is 3.13 bits per heavy atom. The summed E-state index contributed by atoms with van der Waals surface area (Å²) >= 11 is 1.24. The van der Waals surface area contributed by atoms with Gasteiger partial charge in [0.15, 0.2) is 0 Å². The second-order valence-corrected chi connectivity index (χ2v) is 6.40. The quantitative estimate of drug-likeness (QED) is 0.818. The molecule has 1 aromatic carbocycles. The summed E-state index contributed by atoms with van der Waals surface area (Å²) in [6.07, 6.45) is 2.23. The van der Waals surface area contributed by atoms with E-state index in [-0.39, 0.29) is 17.8 Å². The largest absolute Gasteiger partial charge is 0.411 e. The Bertz CT molecular complexity index is 668. The minimum Gasteiger partial charge on any atom is -0.411 e. The van der Waals surface area contributed by atoms with Crippen molar-refractivity contribution in [2.75, 3.05) is 18.9 Å². The Kier molecular flexibility index (Phi) is 5.30. The van der Waals surface area contributed by atoms with Crippen LogP contribution in [0.4, 0.5) is 0 Å². The van der Waals surface area contributed by atoms with E-state index < -0.39 is 0 Å². The highest BCUT2D eigenvalue weighted by Gasteiger charge is 2.17. The third kappa shape index (κ3) is 4.56. The molecule has 1 aliphatic heterocycles. The first-order valence-corrected chi connectivity index (χ1v) is 8.61. The van der Waals surface area contributed by atoms with E-state index in [4.69, 9.17) is 9.15 Å². The molecule has 1 N–H and O–H groups in total. The Balaban J connectivity index is 1.48. The normalized spacial score (nSPS) is 17.3. The van der Waals surface area contributed by atoms with Crippen LogP contribution in [-0.2, 0) is 9.53 Å². The predicted molar refractivity (Wildman–Crippen MR) is 87.2 cm³/mol. The average molecular weight is 333 g/mol. The van der Waals surface area contributed by atoms with Crippen molar-refractivity contribution >= 4 is 17.7 Å². The van der Waals surface area contributed by atoms with Crippen LogP contribution >= 0.6 is 11.8 Å². The van der Waals surface area contributed by atoms with E-state index in [2.05, 4.69) is 15.5 Å². The van der Waals surface area contributed by atoms with E-state index in [0.717, 1.165) is 30.6 Å². The lowest BCUT2D eigenvalue weighted by Gasteiger charge is -2.09. The Labute approximate surface area is 139 Å². The first-order valence-electron chi connectivity index (χ1n) is 7.62. The van der Waals surface area contributed by atoms with Crippen molar-refractivity contribution in [1.29, 1.82) is 0 Å². The number of aryl methyl sites for hydroxylation is 1. The van der Waals surface area contributed by atoms with Crippen LogP contribution in [0.15, 0.2) is 33.9 Å². The van der Waals surface area contributed by atoms with Gasteiger partial charge in [0.1, 0.15) is 0 Å². The van der Waals surface area contributed by atoms with Crippen molar-refractivity contribution in [3.63, 3.8) is 0 Å². The molecule has 0 bridgehead atoms. The molecular weight excluding hydrogens is 314 g/mol. The Hall–Kier alpha value is -1.86. The minimum atomic E-state index is -0.0548. The van der Waals surface area contributed by atoms with Crippen LogP contribution in [0.2, 0.25) is 0 Å². The second-order valence-electron chi connectivity index (χ2n) is 5.47. The van der Waals surface area contributed by atoms with Gasteiger partial charge in [0.2, 0.25) is 11.8 Å². The highest BCUT2D eigenvalue weighted by molar-refractivity contribution is 7.99.